The Labute approximate surface area is 176 Å². The van der Waals surface area contributed by atoms with E-state index in [1.807, 2.05) is 20.8 Å². The SMILES string of the molecule is CNC(=O)c1ccnc(-c2csc(NC(=O)Nc3cc(C(C)(C)C)no3)c2Cl)c1. The minimum absolute atomic E-state index is 0.192. The van der Waals surface area contributed by atoms with Crippen LogP contribution in [0.15, 0.2) is 34.3 Å². The number of carbonyl (C=O) groups is 2. The fourth-order valence-corrected chi connectivity index (χ4v) is 3.63. The third-order valence-corrected chi connectivity index (χ3v) is 5.40. The lowest BCUT2D eigenvalue weighted by atomic mass is 9.92. The van der Waals surface area contributed by atoms with Gasteiger partial charge < -0.3 is 9.84 Å². The summed E-state index contributed by atoms with van der Waals surface area (Å²) >= 11 is 7.68. The van der Waals surface area contributed by atoms with E-state index in [4.69, 9.17) is 16.1 Å². The summed E-state index contributed by atoms with van der Waals surface area (Å²) in [5.74, 6) is 0.0136. The first-order chi connectivity index (χ1) is 13.7. The maximum Gasteiger partial charge on any atom is 0.326 e. The van der Waals surface area contributed by atoms with Gasteiger partial charge in [0.05, 0.1) is 16.4 Å². The van der Waals surface area contributed by atoms with Crippen LogP contribution in [0.4, 0.5) is 15.7 Å². The maximum absolute atomic E-state index is 12.3. The summed E-state index contributed by atoms with van der Waals surface area (Å²) in [4.78, 5) is 28.4. The minimum atomic E-state index is -0.510. The Kier molecular flexibility index (Phi) is 5.90. The number of pyridine rings is 1. The van der Waals surface area contributed by atoms with Crippen LogP contribution < -0.4 is 16.0 Å². The van der Waals surface area contributed by atoms with Gasteiger partial charge in [0, 0.05) is 41.2 Å². The molecule has 3 aromatic rings. The fourth-order valence-electron chi connectivity index (χ4n) is 2.40. The van der Waals surface area contributed by atoms with E-state index in [1.54, 1.807) is 30.6 Å². The molecule has 0 aliphatic rings. The van der Waals surface area contributed by atoms with Crippen LogP contribution in [0, 0.1) is 0 Å². The Balaban J connectivity index is 1.73. The summed E-state index contributed by atoms with van der Waals surface area (Å²) in [6.07, 6.45) is 1.53. The van der Waals surface area contributed by atoms with Crippen molar-refractivity contribution in [3.63, 3.8) is 0 Å². The van der Waals surface area contributed by atoms with Gasteiger partial charge in [-0.1, -0.05) is 37.5 Å². The number of hydrogen-bond donors (Lipinski definition) is 3. The molecule has 0 radical (unpaired) electrons. The van der Waals surface area contributed by atoms with Crippen LogP contribution in [0.3, 0.4) is 0 Å². The second-order valence-electron chi connectivity index (χ2n) is 7.21. The zero-order valence-electron chi connectivity index (χ0n) is 16.3. The van der Waals surface area contributed by atoms with Crippen molar-refractivity contribution < 1.29 is 14.1 Å². The molecule has 3 N–H and O–H groups in total. The zero-order valence-corrected chi connectivity index (χ0v) is 17.9. The summed E-state index contributed by atoms with van der Waals surface area (Å²) in [5, 5.41) is 14.3. The number of carbonyl (C=O) groups excluding carboxylic acids is 2. The molecule has 0 fully saturated rings. The van der Waals surface area contributed by atoms with Crippen molar-refractivity contribution in [2.75, 3.05) is 17.7 Å². The van der Waals surface area contributed by atoms with Crippen molar-refractivity contribution in [1.82, 2.24) is 15.5 Å². The molecule has 3 rings (SSSR count). The Morgan fingerprint density at radius 2 is 1.97 bits per heavy atom. The maximum atomic E-state index is 12.3. The predicted molar refractivity (Wildman–Crippen MR) is 114 cm³/mol. The van der Waals surface area contributed by atoms with E-state index in [0.717, 1.165) is 5.69 Å². The van der Waals surface area contributed by atoms with E-state index in [1.165, 1.54) is 17.5 Å². The van der Waals surface area contributed by atoms with Gasteiger partial charge in [0.25, 0.3) is 5.91 Å². The molecule has 0 bridgehead atoms. The highest BCUT2D eigenvalue weighted by molar-refractivity contribution is 7.15. The third kappa shape index (κ3) is 4.75. The van der Waals surface area contributed by atoms with Crippen LogP contribution in [0.2, 0.25) is 5.02 Å². The summed E-state index contributed by atoms with van der Waals surface area (Å²) in [7, 11) is 1.56. The molecule has 3 heterocycles. The number of anilines is 2. The molecular weight excluding hydrogens is 414 g/mol. The smallest absolute Gasteiger partial charge is 0.326 e. The van der Waals surface area contributed by atoms with Crippen molar-refractivity contribution in [1.29, 1.82) is 0 Å². The molecule has 0 saturated carbocycles. The standard InChI is InChI=1S/C19H20ClN5O3S/c1-19(2,3)13-8-14(28-25-13)23-18(27)24-17-15(20)11(9-29-17)12-7-10(5-6-22-12)16(26)21-4/h5-9H,1-4H3,(H,21,26)(H2,23,24,27). The average Bonchev–Trinajstić information content (AvgIpc) is 3.28. The highest BCUT2D eigenvalue weighted by Gasteiger charge is 2.20. The van der Waals surface area contributed by atoms with E-state index in [0.29, 0.717) is 26.8 Å². The number of rotatable bonds is 4. The number of urea groups is 1. The molecule has 0 aliphatic heterocycles. The lowest BCUT2D eigenvalue weighted by Gasteiger charge is -2.12. The number of amides is 3. The van der Waals surface area contributed by atoms with E-state index in [2.05, 4.69) is 26.1 Å². The molecule has 0 aromatic carbocycles. The van der Waals surface area contributed by atoms with Crippen LogP contribution in [-0.2, 0) is 5.41 Å². The van der Waals surface area contributed by atoms with E-state index < -0.39 is 6.03 Å². The van der Waals surface area contributed by atoms with Gasteiger partial charge in [-0.05, 0) is 12.1 Å². The molecule has 0 aliphatic carbocycles. The number of thiophene rings is 1. The predicted octanol–water partition coefficient (Wildman–Crippen LogP) is 4.75. The number of halogens is 1. The molecule has 29 heavy (non-hydrogen) atoms. The highest BCUT2D eigenvalue weighted by Crippen LogP contribution is 2.39. The normalized spacial score (nSPS) is 11.2. The van der Waals surface area contributed by atoms with Gasteiger partial charge in [-0.2, -0.15) is 0 Å². The lowest BCUT2D eigenvalue weighted by Crippen LogP contribution is -2.18. The highest BCUT2D eigenvalue weighted by atomic mass is 35.5. The van der Waals surface area contributed by atoms with Crippen LogP contribution in [0.25, 0.3) is 11.3 Å². The van der Waals surface area contributed by atoms with E-state index >= 15 is 0 Å². The molecule has 152 valence electrons. The quantitative estimate of drug-likeness (QED) is 0.549. The van der Waals surface area contributed by atoms with Crippen LogP contribution >= 0.6 is 22.9 Å². The monoisotopic (exact) mass is 433 g/mol. The molecule has 3 amide bonds. The number of hydrogen-bond acceptors (Lipinski definition) is 6. The second-order valence-corrected chi connectivity index (χ2v) is 8.46. The number of nitrogens with one attached hydrogen (secondary N) is 3. The van der Waals surface area contributed by atoms with Gasteiger partial charge in [-0.3, -0.25) is 20.4 Å². The van der Waals surface area contributed by atoms with Gasteiger partial charge in [0.1, 0.15) is 5.00 Å². The van der Waals surface area contributed by atoms with Crippen molar-refractivity contribution in [2.45, 2.75) is 26.2 Å². The van der Waals surface area contributed by atoms with Crippen LogP contribution in [0.1, 0.15) is 36.8 Å². The molecule has 3 aromatic heterocycles. The Hall–Kier alpha value is -2.91. The van der Waals surface area contributed by atoms with Crippen molar-refractivity contribution in [3.8, 4) is 11.3 Å². The largest absolute Gasteiger partial charge is 0.355 e. The zero-order chi connectivity index (χ0) is 21.2. The third-order valence-electron chi connectivity index (χ3n) is 4.00. The Morgan fingerprint density at radius 1 is 1.21 bits per heavy atom. The average molecular weight is 434 g/mol. The van der Waals surface area contributed by atoms with Gasteiger partial charge in [-0.25, -0.2) is 4.79 Å². The van der Waals surface area contributed by atoms with Crippen molar-refractivity contribution >= 4 is 45.8 Å². The van der Waals surface area contributed by atoms with Crippen LogP contribution in [-0.4, -0.2) is 29.1 Å². The summed E-state index contributed by atoms with van der Waals surface area (Å²) in [5.41, 5.74) is 2.15. The van der Waals surface area contributed by atoms with Crippen molar-refractivity contribution in [2.24, 2.45) is 0 Å². The fraction of sp³-hybridized carbons (Fsp3) is 0.263. The lowest BCUT2D eigenvalue weighted by molar-refractivity contribution is 0.0963. The van der Waals surface area contributed by atoms with Gasteiger partial charge in [-0.15, -0.1) is 11.3 Å². The first-order valence-corrected chi connectivity index (χ1v) is 9.95. The topological polar surface area (TPSA) is 109 Å². The molecule has 0 atom stereocenters. The van der Waals surface area contributed by atoms with Gasteiger partial charge in [0.15, 0.2) is 0 Å². The van der Waals surface area contributed by atoms with Crippen LogP contribution in [0.5, 0.6) is 0 Å². The number of aromatic nitrogens is 2. The molecule has 0 saturated heterocycles. The first kappa shape index (κ1) is 20.8. The minimum Gasteiger partial charge on any atom is -0.355 e. The van der Waals surface area contributed by atoms with E-state index in [-0.39, 0.29) is 17.2 Å². The summed E-state index contributed by atoms with van der Waals surface area (Å²) in [6, 6.07) is 4.41. The van der Waals surface area contributed by atoms with E-state index in [9.17, 15) is 9.59 Å². The molecule has 0 spiro atoms. The summed E-state index contributed by atoms with van der Waals surface area (Å²) < 4.78 is 5.15. The molecule has 8 nitrogen and oxygen atoms in total. The molecule has 0 unspecified atom stereocenters. The Morgan fingerprint density at radius 3 is 2.62 bits per heavy atom. The first-order valence-electron chi connectivity index (χ1n) is 8.69. The second kappa shape index (κ2) is 8.22. The van der Waals surface area contributed by atoms with Gasteiger partial charge in [0.2, 0.25) is 5.88 Å². The van der Waals surface area contributed by atoms with Gasteiger partial charge >= 0.3 is 6.03 Å². The summed E-state index contributed by atoms with van der Waals surface area (Å²) in [6.45, 7) is 5.98. The number of nitrogens with zero attached hydrogens (tertiary/aromatic N) is 2. The molecular formula is C19H20ClN5O3S. The van der Waals surface area contributed by atoms with Crippen molar-refractivity contribution in [3.05, 3.63) is 46.1 Å². The molecule has 10 heteroatoms. The Bertz CT molecular complexity index is 1050.